The third kappa shape index (κ3) is 4.77. The molecule has 0 amide bonds. The van der Waals surface area contributed by atoms with E-state index in [0.717, 1.165) is 12.0 Å². The number of ether oxygens (including phenoxy) is 1. The highest BCUT2D eigenvalue weighted by atomic mass is 32.2. The molecule has 1 atom stereocenters. The Morgan fingerprint density at radius 2 is 1.90 bits per heavy atom. The molecule has 2 N–H and O–H groups in total. The smallest absolute Gasteiger partial charge is 0.218 e. The van der Waals surface area contributed by atoms with E-state index in [1.165, 1.54) is 4.31 Å². The van der Waals surface area contributed by atoms with Crippen LogP contribution in [0.15, 0.2) is 24.3 Å². The van der Waals surface area contributed by atoms with Crippen molar-refractivity contribution < 1.29 is 13.2 Å². The maximum absolute atomic E-state index is 12.5. The van der Waals surface area contributed by atoms with Gasteiger partial charge in [0.1, 0.15) is 0 Å². The van der Waals surface area contributed by atoms with Crippen molar-refractivity contribution in [2.45, 2.75) is 32.1 Å². The molecule has 0 aliphatic carbocycles. The molecule has 0 spiro atoms. The highest BCUT2D eigenvalue weighted by Crippen LogP contribution is 2.16. The largest absolute Gasteiger partial charge is 0.399 e. The maximum Gasteiger partial charge on any atom is 0.218 e. The Labute approximate surface area is 121 Å². The van der Waals surface area contributed by atoms with Gasteiger partial charge in [0, 0.05) is 25.4 Å². The van der Waals surface area contributed by atoms with Gasteiger partial charge in [-0.05, 0) is 31.0 Å². The number of nitrogen functional groups attached to an aromatic ring is 1. The summed E-state index contributed by atoms with van der Waals surface area (Å²) in [6, 6.07) is 6.89. The maximum atomic E-state index is 12.5. The van der Waals surface area contributed by atoms with Crippen LogP contribution < -0.4 is 5.73 Å². The number of hydrogen-bond donors (Lipinski definition) is 1. The second-order valence-electron chi connectivity index (χ2n) is 4.86. The summed E-state index contributed by atoms with van der Waals surface area (Å²) in [7, 11) is -1.79. The van der Waals surface area contributed by atoms with Crippen molar-refractivity contribution in [3.8, 4) is 0 Å². The van der Waals surface area contributed by atoms with Crippen molar-refractivity contribution in [2.75, 3.05) is 26.0 Å². The van der Waals surface area contributed by atoms with Gasteiger partial charge in [0.25, 0.3) is 0 Å². The minimum absolute atomic E-state index is 0.0126. The van der Waals surface area contributed by atoms with Gasteiger partial charge in [-0.1, -0.05) is 19.1 Å². The summed E-state index contributed by atoms with van der Waals surface area (Å²) in [5.74, 6) is -0.0126. The summed E-state index contributed by atoms with van der Waals surface area (Å²) in [6.07, 6.45) is 0.769. The van der Waals surface area contributed by atoms with E-state index >= 15 is 0 Å². The molecule has 0 aliphatic rings. The molecule has 1 aromatic carbocycles. The van der Waals surface area contributed by atoms with Crippen molar-refractivity contribution in [2.24, 2.45) is 0 Å². The minimum Gasteiger partial charge on any atom is -0.399 e. The Hall–Kier alpha value is -1.11. The summed E-state index contributed by atoms with van der Waals surface area (Å²) in [4.78, 5) is 0. The second-order valence-corrected chi connectivity index (χ2v) is 6.78. The van der Waals surface area contributed by atoms with E-state index in [0.29, 0.717) is 18.8 Å². The number of hydrogen-bond acceptors (Lipinski definition) is 4. The van der Waals surface area contributed by atoms with E-state index in [9.17, 15) is 8.42 Å². The molecule has 1 unspecified atom stereocenters. The van der Waals surface area contributed by atoms with Crippen molar-refractivity contribution in [1.29, 1.82) is 0 Å². The predicted molar refractivity (Wildman–Crippen MR) is 81.8 cm³/mol. The van der Waals surface area contributed by atoms with E-state index < -0.39 is 10.0 Å². The molecule has 114 valence electrons. The molecule has 0 fully saturated rings. The van der Waals surface area contributed by atoms with Gasteiger partial charge in [0.15, 0.2) is 0 Å². The van der Waals surface area contributed by atoms with Crippen LogP contribution in [0.4, 0.5) is 5.69 Å². The van der Waals surface area contributed by atoms with Gasteiger partial charge in [-0.15, -0.1) is 0 Å². The first-order chi connectivity index (χ1) is 9.40. The number of benzene rings is 1. The quantitative estimate of drug-likeness (QED) is 0.744. The third-order valence-corrected chi connectivity index (χ3v) is 5.24. The summed E-state index contributed by atoms with van der Waals surface area (Å²) in [5.41, 5.74) is 6.98. The number of anilines is 1. The van der Waals surface area contributed by atoms with Crippen LogP contribution in [0.25, 0.3) is 0 Å². The van der Waals surface area contributed by atoms with Crippen molar-refractivity contribution in [1.82, 2.24) is 4.31 Å². The molecule has 0 bridgehead atoms. The molecule has 0 aromatic heterocycles. The molecule has 0 heterocycles. The highest BCUT2D eigenvalue weighted by molar-refractivity contribution is 7.88. The van der Waals surface area contributed by atoms with Crippen molar-refractivity contribution >= 4 is 15.7 Å². The zero-order chi connectivity index (χ0) is 15.2. The first-order valence-electron chi connectivity index (χ1n) is 6.73. The topological polar surface area (TPSA) is 72.6 Å². The van der Waals surface area contributed by atoms with Gasteiger partial charge in [0.2, 0.25) is 10.0 Å². The molecule has 0 saturated carbocycles. The van der Waals surface area contributed by atoms with Gasteiger partial charge in [-0.2, -0.15) is 4.31 Å². The lowest BCUT2D eigenvalue weighted by atomic mass is 10.2. The Balaban J connectivity index is 2.89. The number of nitrogens with zero attached hydrogens (tertiary/aromatic N) is 1. The standard InChI is InChI=1S/C14H24N2O3S/c1-4-12(2)16(9-10-19-3)20(17,18)11-13-5-7-14(15)8-6-13/h5-8,12H,4,9-11,15H2,1-3H3. The van der Waals surface area contributed by atoms with Crippen molar-refractivity contribution in [3.05, 3.63) is 29.8 Å². The molecule has 0 radical (unpaired) electrons. The molecule has 5 nitrogen and oxygen atoms in total. The number of rotatable bonds is 8. The number of sulfonamides is 1. The molecule has 1 rings (SSSR count). The fourth-order valence-corrected chi connectivity index (χ4v) is 3.76. The van der Waals surface area contributed by atoms with E-state index in [1.54, 1.807) is 31.4 Å². The van der Waals surface area contributed by atoms with Crippen LogP contribution in [0.2, 0.25) is 0 Å². The summed E-state index contributed by atoms with van der Waals surface area (Å²) in [6.45, 7) is 4.66. The van der Waals surface area contributed by atoms with Crippen LogP contribution in [0.3, 0.4) is 0 Å². The summed E-state index contributed by atoms with van der Waals surface area (Å²) in [5, 5.41) is 0. The second kappa shape index (κ2) is 7.61. The number of nitrogens with two attached hydrogens (primary N) is 1. The predicted octanol–water partition coefficient (Wildman–Crippen LogP) is 1.85. The van der Waals surface area contributed by atoms with Gasteiger partial charge < -0.3 is 10.5 Å². The van der Waals surface area contributed by atoms with Crippen LogP contribution >= 0.6 is 0 Å². The summed E-state index contributed by atoms with van der Waals surface area (Å²) >= 11 is 0. The monoisotopic (exact) mass is 300 g/mol. The van der Waals surface area contributed by atoms with E-state index in [4.69, 9.17) is 10.5 Å². The average molecular weight is 300 g/mol. The third-order valence-electron chi connectivity index (χ3n) is 3.28. The molecule has 1 aromatic rings. The molecular weight excluding hydrogens is 276 g/mol. The number of methoxy groups -OCH3 is 1. The van der Waals surface area contributed by atoms with E-state index in [1.807, 2.05) is 13.8 Å². The fraction of sp³-hybridized carbons (Fsp3) is 0.571. The zero-order valence-electron chi connectivity index (χ0n) is 12.4. The normalized spacial score (nSPS) is 13.6. The minimum atomic E-state index is -3.36. The molecule has 0 saturated heterocycles. The average Bonchev–Trinajstić information content (AvgIpc) is 2.41. The van der Waals surface area contributed by atoms with Crippen LogP contribution in [0.5, 0.6) is 0 Å². The van der Waals surface area contributed by atoms with Crippen LogP contribution in [-0.4, -0.2) is 39.0 Å². The first kappa shape index (κ1) is 16.9. The Morgan fingerprint density at radius 3 is 2.40 bits per heavy atom. The lowest BCUT2D eigenvalue weighted by Crippen LogP contribution is -2.41. The van der Waals surface area contributed by atoms with Crippen molar-refractivity contribution in [3.63, 3.8) is 0 Å². The molecular formula is C14H24N2O3S. The molecule has 0 aliphatic heterocycles. The van der Waals surface area contributed by atoms with Gasteiger partial charge in [-0.3, -0.25) is 0 Å². The lowest BCUT2D eigenvalue weighted by Gasteiger charge is -2.27. The van der Waals surface area contributed by atoms with Crippen LogP contribution in [0.1, 0.15) is 25.8 Å². The highest BCUT2D eigenvalue weighted by Gasteiger charge is 2.26. The van der Waals surface area contributed by atoms with Crippen LogP contribution in [0, 0.1) is 0 Å². The lowest BCUT2D eigenvalue weighted by molar-refractivity contribution is 0.167. The molecule has 6 heteroatoms. The zero-order valence-corrected chi connectivity index (χ0v) is 13.2. The Bertz CT molecular complexity index is 500. The SMILES string of the molecule is CCC(C)N(CCOC)S(=O)(=O)Cc1ccc(N)cc1. The van der Waals surface area contributed by atoms with E-state index in [-0.39, 0.29) is 11.8 Å². The van der Waals surface area contributed by atoms with Gasteiger partial charge in [-0.25, -0.2) is 8.42 Å². The van der Waals surface area contributed by atoms with Crippen LogP contribution in [-0.2, 0) is 20.5 Å². The van der Waals surface area contributed by atoms with Gasteiger partial charge in [0.05, 0.1) is 12.4 Å². The Morgan fingerprint density at radius 1 is 1.30 bits per heavy atom. The summed E-state index contributed by atoms with van der Waals surface area (Å²) < 4.78 is 31.6. The molecule has 20 heavy (non-hydrogen) atoms. The fourth-order valence-electron chi connectivity index (χ4n) is 1.93. The first-order valence-corrected chi connectivity index (χ1v) is 8.34. The Kier molecular flexibility index (Phi) is 6.45. The van der Waals surface area contributed by atoms with Gasteiger partial charge >= 0.3 is 0 Å². The van der Waals surface area contributed by atoms with E-state index in [2.05, 4.69) is 0 Å².